The van der Waals surface area contributed by atoms with Gasteiger partial charge in [-0.2, -0.15) is 4.39 Å². The first kappa shape index (κ1) is 114. The second-order valence-corrected chi connectivity index (χ2v) is 41.0. The van der Waals surface area contributed by atoms with Crippen LogP contribution in [0.3, 0.4) is 0 Å². The molecule has 11 nitrogen and oxygen atoms in total. The Hall–Kier alpha value is -8.99. The molecular weight excluding hydrogens is 1640 g/mol. The Kier molecular flexibility index (Phi) is 47.7. The summed E-state index contributed by atoms with van der Waals surface area (Å²) in [5.74, 6) is 1.65. The molecule has 0 radical (unpaired) electrons. The molecule has 0 N–H and O–H groups in total. The Morgan fingerprint density at radius 3 is 1.12 bits per heavy atom. The van der Waals surface area contributed by atoms with Gasteiger partial charge >= 0.3 is 0 Å². The molecule has 12 rings (SSSR count). The fourth-order valence-electron chi connectivity index (χ4n) is 11.0. The Bertz CT molecular complexity index is 4710. The quantitative estimate of drug-likeness (QED) is 0.116. The van der Waals surface area contributed by atoms with E-state index in [1.807, 2.05) is 167 Å². The summed E-state index contributed by atoms with van der Waals surface area (Å²) in [6, 6.07) is 51.6. The minimum absolute atomic E-state index is 0. The number of rotatable bonds is 6. The van der Waals surface area contributed by atoms with Crippen molar-refractivity contribution in [1.29, 1.82) is 0 Å². The maximum atomic E-state index is 13.4. The van der Waals surface area contributed by atoms with Gasteiger partial charge in [-0.1, -0.05) is 287 Å². The lowest BCUT2D eigenvalue weighted by Crippen LogP contribution is -2.16. The highest BCUT2D eigenvalue weighted by atomic mass is 79.9. The predicted molar refractivity (Wildman–Crippen MR) is 527 cm³/mol. The summed E-state index contributed by atoms with van der Waals surface area (Å²) >= 11 is 8.99. The van der Waals surface area contributed by atoms with Crippen molar-refractivity contribution in [2.24, 2.45) is 0 Å². The number of methoxy groups -OCH3 is 1. The number of aryl methyl sites for hydroxylation is 7. The van der Waals surface area contributed by atoms with Crippen molar-refractivity contribution in [3.05, 3.63) is 323 Å². The van der Waals surface area contributed by atoms with Crippen molar-refractivity contribution in [1.82, 2.24) is 49.8 Å². The van der Waals surface area contributed by atoms with Crippen LogP contribution in [0.25, 0.3) is 0 Å². The van der Waals surface area contributed by atoms with Crippen LogP contribution in [0.15, 0.2) is 187 Å². The number of ether oxygens (including phenoxy) is 1. The van der Waals surface area contributed by atoms with E-state index in [1.54, 1.807) is 48.5 Å². The zero-order valence-electron chi connectivity index (χ0n) is 82.3. The van der Waals surface area contributed by atoms with E-state index in [0.29, 0.717) is 40.3 Å². The van der Waals surface area contributed by atoms with Crippen LogP contribution in [0.1, 0.15) is 358 Å². The summed E-state index contributed by atoms with van der Waals surface area (Å²) < 4.78 is 58.3. The molecule has 1 saturated carbocycles. The zero-order chi connectivity index (χ0) is 94.8. The topological polar surface area (TPSA) is 138 Å². The van der Waals surface area contributed by atoms with E-state index in [-0.39, 0.29) is 73.7 Å². The highest BCUT2D eigenvalue weighted by Crippen LogP contribution is 2.40. The van der Waals surface area contributed by atoms with Gasteiger partial charge in [0.05, 0.1) is 29.2 Å². The van der Waals surface area contributed by atoms with Gasteiger partial charge in [-0.15, -0.1) is 0 Å². The smallest absolute Gasteiger partial charge is 0.213 e. The lowest BCUT2D eigenvalue weighted by Gasteiger charge is -2.19. The van der Waals surface area contributed by atoms with Crippen LogP contribution in [-0.2, 0) is 37.9 Å². The third kappa shape index (κ3) is 44.3. The Labute approximate surface area is 767 Å². The van der Waals surface area contributed by atoms with Gasteiger partial charge in [-0.05, 0) is 231 Å². The van der Waals surface area contributed by atoms with Gasteiger partial charge in [-0.3, -0.25) is 39.9 Å². The Morgan fingerprint density at radius 1 is 0.384 bits per heavy atom. The third-order valence-corrected chi connectivity index (χ3v) is 19.9. The Balaban J connectivity index is 0.000000687. The van der Waals surface area contributed by atoms with Gasteiger partial charge in [0, 0.05) is 120 Å². The lowest BCUT2D eigenvalue weighted by molar-refractivity contribution is 0.383. The second-order valence-electron chi connectivity index (χ2n) is 39.8. The average molecular weight is 1800 g/mol. The molecule has 1 aliphatic carbocycles. The van der Waals surface area contributed by atoms with E-state index in [2.05, 4.69) is 265 Å². The minimum Gasteiger partial charge on any atom is -0.494 e. The SMILES string of the molecule is C.CC(C)(C)c1cccc(C2CC2)n1.CC(C)(C)c1cccc(Cl)c1F.CC(C)(C)c1cccc(F)n1.COc1cccc(C(C)C)c1F.Cc1ccc(F)c(C(C)(C)C)n1.Cc1cccc(C(C)(C)C)n1.Cc1cccc(C(C)(C)C)n1.Cc1cccc(C(C)C)n1.Cc1cccc(C(C)C)n1.Cc1cncc(C(C)(C)C)c1.Cc1ncc(C(C)C)nc1Br. The summed E-state index contributed by atoms with van der Waals surface area (Å²) in [6.07, 6.45) is 8.31. The third-order valence-electron chi connectivity index (χ3n) is 18.9. The molecule has 1 aliphatic rings. The molecule has 0 bridgehead atoms. The van der Waals surface area contributed by atoms with E-state index in [1.165, 1.54) is 66.0 Å². The largest absolute Gasteiger partial charge is 0.494 e. The Morgan fingerprint density at radius 2 is 0.792 bits per heavy atom. The molecule has 2 aromatic carbocycles. The predicted octanol–water partition coefficient (Wildman–Crippen LogP) is 31.7. The number of pyridine rings is 8. The average Bonchev–Trinajstić information content (AvgIpc) is 1.77. The van der Waals surface area contributed by atoms with Crippen molar-refractivity contribution >= 4 is 27.5 Å². The monoisotopic (exact) mass is 1800 g/mol. The molecule has 9 heterocycles. The number of benzene rings is 2. The van der Waals surface area contributed by atoms with Crippen LogP contribution in [0.2, 0.25) is 5.02 Å². The molecule has 1 fully saturated rings. The summed E-state index contributed by atoms with van der Waals surface area (Å²) in [6.45, 7) is 74.8. The van der Waals surface area contributed by atoms with Crippen molar-refractivity contribution < 1.29 is 22.3 Å². The molecule has 11 aromatic rings. The highest BCUT2D eigenvalue weighted by Gasteiger charge is 2.27. The van der Waals surface area contributed by atoms with Gasteiger partial charge in [0.25, 0.3) is 0 Å². The van der Waals surface area contributed by atoms with Crippen LogP contribution in [0, 0.1) is 71.9 Å². The molecule has 17 heteroatoms. The first-order valence-electron chi connectivity index (χ1n) is 43.3. The summed E-state index contributed by atoms with van der Waals surface area (Å²) in [5, 5.41) is 0.197. The molecular formula is C108H154BrClF4N10O. The van der Waals surface area contributed by atoms with Gasteiger partial charge in [-0.25, -0.2) is 23.1 Å². The standard InChI is InChI=1S/C12H17N.C10H12ClF.C10H14FN.C10H13FO.3C10H15N.C9H12FN.2C9H13N.C8H11BrN2.CH4/c1-12(2,3)11-6-4-5-10(13-11)9-7-8-9;1-10(2,3)7-5-4-6-8(11)9(7)12;1-7-5-6-8(11)9(12-7)10(2,3)4;1-7(2)8-5-4-6-9(12-3)10(8)11;1-8-5-9(7-11-6-8)10(2,3)4;2*1-8-6-5-7-9(11-8)10(2,3)4;1-9(2,3)7-5-4-6-8(10)11-7;2*1-7(2)9-6-4-5-8(3)10-9;1-5(2)7-4-10-6(3)8(9)11-7;/h4-6,9H,7-8H2,1-3H3;4-6H,1-3H3;5-6H,1-4H3;4-7H,1-3H3;3*5-7H,1-4H3;4-6H,1-3H3;2*4-7H,1-3H3;4-5H,1-3H3;1H4. The number of hydrogen-bond donors (Lipinski definition) is 0. The van der Waals surface area contributed by atoms with Crippen molar-refractivity contribution in [3.8, 4) is 5.75 Å². The maximum Gasteiger partial charge on any atom is 0.213 e. The van der Waals surface area contributed by atoms with E-state index in [0.717, 1.165) is 67.5 Å². The summed E-state index contributed by atoms with van der Waals surface area (Å²) in [4.78, 5) is 43.0. The molecule has 0 spiro atoms. The van der Waals surface area contributed by atoms with Crippen LogP contribution in [0.5, 0.6) is 5.75 Å². The molecule has 0 atom stereocenters. The first-order chi connectivity index (χ1) is 57.1. The first-order valence-corrected chi connectivity index (χ1v) is 44.4. The van der Waals surface area contributed by atoms with Crippen molar-refractivity contribution in [2.75, 3.05) is 7.11 Å². The van der Waals surface area contributed by atoms with Gasteiger partial charge < -0.3 is 4.74 Å². The molecule has 0 unspecified atom stereocenters. The van der Waals surface area contributed by atoms with Crippen molar-refractivity contribution in [3.63, 3.8) is 0 Å². The van der Waals surface area contributed by atoms with Crippen molar-refractivity contribution in [2.45, 2.75) is 337 Å². The molecule has 0 aliphatic heterocycles. The highest BCUT2D eigenvalue weighted by molar-refractivity contribution is 9.10. The normalized spacial score (nSPS) is 11.8. The van der Waals surface area contributed by atoms with Crippen LogP contribution in [0.4, 0.5) is 17.6 Å². The molecule has 0 amide bonds. The lowest BCUT2D eigenvalue weighted by atomic mass is 9.87. The van der Waals surface area contributed by atoms with Crippen LogP contribution in [-0.4, -0.2) is 56.9 Å². The van der Waals surface area contributed by atoms with Gasteiger partial charge in [0.1, 0.15) is 16.2 Å². The van der Waals surface area contributed by atoms with Gasteiger partial charge in [0.15, 0.2) is 11.6 Å². The van der Waals surface area contributed by atoms with E-state index in [9.17, 15) is 17.6 Å². The van der Waals surface area contributed by atoms with E-state index in [4.69, 9.17) is 21.3 Å². The number of halogens is 6. The van der Waals surface area contributed by atoms with E-state index >= 15 is 0 Å². The fraction of sp³-hybridized carbons (Fsp3) is 0.481. The number of nitrogens with zero attached hydrogens (tertiary/aromatic N) is 10. The van der Waals surface area contributed by atoms with Crippen LogP contribution >= 0.6 is 27.5 Å². The molecule has 9 aromatic heterocycles. The van der Waals surface area contributed by atoms with Crippen LogP contribution < -0.4 is 4.74 Å². The van der Waals surface area contributed by atoms with E-state index < -0.39 is 5.95 Å². The maximum absolute atomic E-state index is 13.4. The summed E-state index contributed by atoms with van der Waals surface area (Å²) in [5.41, 5.74) is 20.0. The number of aromatic nitrogens is 10. The fourth-order valence-corrected chi connectivity index (χ4v) is 11.4. The summed E-state index contributed by atoms with van der Waals surface area (Å²) in [7, 11) is 1.47. The number of hydrogen-bond acceptors (Lipinski definition) is 11. The van der Waals surface area contributed by atoms with Gasteiger partial charge in [0.2, 0.25) is 5.95 Å². The second kappa shape index (κ2) is 52.3. The zero-order valence-corrected chi connectivity index (χ0v) is 84.6. The minimum atomic E-state index is -0.405. The molecule has 684 valence electrons. The molecule has 0 saturated heterocycles. The molecule has 125 heavy (non-hydrogen) atoms.